The van der Waals surface area contributed by atoms with Gasteiger partial charge in [-0.2, -0.15) is 0 Å². The number of hydrogen-bond donors (Lipinski definition) is 1. The van der Waals surface area contributed by atoms with E-state index in [1.165, 1.54) is 10.6 Å². The van der Waals surface area contributed by atoms with E-state index in [0.717, 1.165) is 25.2 Å². The van der Waals surface area contributed by atoms with Crippen molar-refractivity contribution in [3.63, 3.8) is 0 Å². The lowest BCUT2D eigenvalue weighted by Crippen LogP contribution is -2.19. The Hall–Kier alpha value is -1.19. The van der Waals surface area contributed by atoms with Crippen molar-refractivity contribution in [3.8, 4) is 0 Å². The van der Waals surface area contributed by atoms with Crippen molar-refractivity contribution in [2.75, 3.05) is 6.54 Å². The molecular weight excluding hydrogens is 240 g/mol. The van der Waals surface area contributed by atoms with Crippen molar-refractivity contribution < 1.29 is 0 Å². The van der Waals surface area contributed by atoms with Crippen molar-refractivity contribution in [1.82, 2.24) is 10.3 Å². The number of aryl methyl sites for hydroxylation is 1. The third kappa shape index (κ3) is 3.65. The SMILES string of the molecule is CCc1nc(CNCC(C)c2ccccc2)cs1. The molecule has 2 rings (SSSR count). The molecular formula is C15H20N2S. The van der Waals surface area contributed by atoms with Gasteiger partial charge in [0.2, 0.25) is 0 Å². The van der Waals surface area contributed by atoms with Gasteiger partial charge >= 0.3 is 0 Å². The molecule has 0 amide bonds. The second-order valence-electron chi connectivity index (χ2n) is 4.53. The zero-order chi connectivity index (χ0) is 12.8. The first-order valence-electron chi connectivity index (χ1n) is 6.48. The molecule has 0 saturated heterocycles. The van der Waals surface area contributed by atoms with Crippen molar-refractivity contribution in [2.24, 2.45) is 0 Å². The summed E-state index contributed by atoms with van der Waals surface area (Å²) in [4.78, 5) is 4.55. The number of benzene rings is 1. The number of aromatic nitrogens is 1. The predicted molar refractivity (Wildman–Crippen MR) is 78.1 cm³/mol. The Bertz CT molecular complexity index is 464. The highest BCUT2D eigenvalue weighted by Crippen LogP contribution is 2.14. The molecule has 0 fully saturated rings. The van der Waals surface area contributed by atoms with Gasteiger partial charge in [0, 0.05) is 18.5 Å². The first-order chi connectivity index (χ1) is 8.79. The molecule has 1 aromatic heterocycles. The van der Waals surface area contributed by atoms with E-state index in [-0.39, 0.29) is 0 Å². The molecule has 1 aromatic carbocycles. The Morgan fingerprint density at radius 3 is 2.72 bits per heavy atom. The largest absolute Gasteiger partial charge is 0.311 e. The molecule has 1 N–H and O–H groups in total. The van der Waals surface area contributed by atoms with E-state index in [2.05, 4.69) is 59.9 Å². The Labute approximate surface area is 113 Å². The number of rotatable bonds is 6. The van der Waals surface area contributed by atoms with Crippen LogP contribution in [-0.2, 0) is 13.0 Å². The monoisotopic (exact) mass is 260 g/mol. The average molecular weight is 260 g/mol. The van der Waals surface area contributed by atoms with Crippen LogP contribution < -0.4 is 5.32 Å². The van der Waals surface area contributed by atoms with E-state index in [4.69, 9.17) is 0 Å². The summed E-state index contributed by atoms with van der Waals surface area (Å²) in [6.45, 7) is 6.26. The van der Waals surface area contributed by atoms with Crippen molar-refractivity contribution in [3.05, 3.63) is 52.0 Å². The second kappa shape index (κ2) is 6.66. The molecule has 1 atom stereocenters. The van der Waals surface area contributed by atoms with Crippen LogP contribution in [0.5, 0.6) is 0 Å². The van der Waals surface area contributed by atoms with Crippen LogP contribution in [0.1, 0.15) is 36.0 Å². The maximum absolute atomic E-state index is 4.55. The fourth-order valence-corrected chi connectivity index (χ4v) is 2.65. The summed E-state index contributed by atoms with van der Waals surface area (Å²) in [5.41, 5.74) is 2.55. The standard InChI is InChI=1S/C15H20N2S/c1-3-15-17-14(11-18-15)10-16-9-12(2)13-7-5-4-6-8-13/h4-8,11-12,16H,3,9-10H2,1-2H3. The highest BCUT2D eigenvalue weighted by atomic mass is 32.1. The maximum atomic E-state index is 4.55. The zero-order valence-electron chi connectivity index (χ0n) is 11.0. The van der Waals surface area contributed by atoms with Crippen molar-refractivity contribution >= 4 is 11.3 Å². The van der Waals surface area contributed by atoms with E-state index in [1.807, 2.05) is 0 Å². The molecule has 0 spiro atoms. The number of nitrogens with one attached hydrogen (secondary N) is 1. The van der Waals surface area contributed by atoms with E-state index in [1.54, 1.807) is 11.3 Å². The normalized spacial score (nSPS) is 12.6. The van der Waals surface area contributed by atoms with Gasteiger partial charge < -0.3 is 5.32 Å². The maximum Gasteiger partial charge on any atom is 0.0926 e. The molecule has 2 aromatic rings. The minimum Gasteiger partial charge on any atom is -0.311 e. The van der Waals surface area contributed by atoms with E-state index >= 15 is 0 Å². The fourth-order valence-electron chi connectivity index (χ4n) is 1.91. The van der Waals surface area contributed by atoms with Crippen LogP contribution in [-0.4, -0.2) is 11.5 Å². The van der Waals surface area contributed by atoms with Crippen molar-refractivity contribution in [1.29, 1.82) is 0 Å². The second-order valence-corrected chi connectivity index (χ2v) is 5.47. The third-order valence-corrected chi connectivity index (χ3v) is 4.07. The molecule has 18 heavy (non-hydrogen) atoms. The summed E-state index contributed by atoms with van der Waals surface area (Å²) in [5.74, 6) is 0.537. The van der Waals surface area contributed by atoms with Crippen LogP contribution in [0, 0.1) is 0 Å². The van der Waals surface area contributed by atoms with Gasteiger partial charge in [0.1, 0.15) is 0 Å². The molecule has 1 heterocycles. The van der Waals surface area contributed by atoms with Crippen LogP contribution >= 0.6 is 11.3 Å². The topological polar surface area (TPSA) is 24.9 Å². The molecule has 0 aliphatic heterocycles. The molecule has 0 aliphatic carbocycles. The molecule has 0 aliphatic rings. The highest BCUT2D eigenvalue weighted by molar-refractivity contribution is 7.09. The summed E-state index contributed by atoms with van der Waals surface area (Å²) in [5, 5.41) is 6.86. The van der Waals surface area contributed by atoms with Crippen LogP contribution in [0.2, 0.25) is 0 Å². The van der Waals surface area contributed by atoms with Gasteiger partial charge in [-0.05, 0) is 17.9 Å². The fraction of sp³-hybridized carbons (Fsp3) is 0.400. The first-order valence-corrected chi connectivity index (χ1v) is 7.36. The van der Waals surface area contributed by atoms with Crippen LogP contribution in [0.15, 0.2) is 35.7 Å². The Balaban J connectivity index is 1.78. The molecule has 3 heteroatoms. The summed E-state index contributed by atoms with van der Waals surface area (Å²) in [6, 6.07) is 10.6. The van der Waals surface area contributed by atoms with Gasteiger partial charge in [-0.15, -0.1) is 11.3 Å². The van der Waals surface area contributed by atoms with Gasteiger partial charge in [-0.25, -0.2) is 4.98 Å². The highest BCUT2D eigenvalue weighted by Gasteiger charge is 2.05. The smallest absolute Gasteiger partial charge is 0.0926 e. The van der Waals surface area contributed by atoms with Crippen LogP contribution in [0.4, 0.5) is 0 Å². The lowest BCUT2D eigenvalue weighted by Gasteiger charge is -2.12. The van der Waals surface area contributed by atoms with Gasteiger partial charge in [-0.1, -0.05) is 44.2 Å². The van der Waals surface area contributed by atoms with Gasteiger partial charge in [-0.3, -0.25) is 0 Å². The Morgan fingerprint density at radius 1 is 1.28 bits per heavy atom. The summed E-state index contributed by atoms with van der Waals surface area (Å²) < 4.78 is 0. The van der Waals surface area contributed by atoms with Crippen LogP contribution in [0.25, 0.3) is 0 Å². The minimum absolute atomic E-state index is 0.537. The minimum atomic E-state index is 0.537. The molecule has 0 radical (unpaired) electrons. The summed E-state index contributed by atoms with van der Waals surface area (Å²) >= 11 is 1.75. The summed E-state index contributed by atoms with van der Waals surface area (Å²) in [6.07, 6.45) is 1.03. The third-order valence-electron chi connectivity index (χ3n) is 3.03. The zero-order valence-corrected chi connectivity index (χ0v) is 11.8. The van der Waals surface area contributed by atoms with Crippen molar-refractivity contribution in [2.45, 2.75) is 32.7 Å². The first kappa shape index (κ1) is 13.2. The van der Waals surface area contributed by atoms with Gasteiger partial charge in [0.15, 0.2) is 0 Å². The number of thiazole rings is 1. The number of hydrogen-bond acceptors (Lipinski definition) is 3. The Kier molecular flexibility index (Phi) is 4.90. The molecule has 1 unspecified atom stereocenters. The molecule has 2 nitrogen and oxygen atoms in total. The lowest BCUT2D eigenvalue weighted by atomic mass is 10.0. The number of nitrogens with zero attached hydrogens (tertiary/aromatic N) is 1. The quantitative estimate of drug-likeness (QED) is 0.858. The van der Waals surface area contributed by atoms with E-state index in [0.29, 0.717) is 5.92 Å². The summed E-state index contributed by atoms with van der Waals surface area (Å²) in [7, 11) is 0. The molecule has 96 valence electrons. The Morgan fingerprint density at radius 2 is 2.06 bits per heavy atom. The van der Waals surface area contributed by atoms with Gasteiger partial charge in [0.05, 0.1) is 10.7 Å². The van der Waals surface area contributed by atoms with Crippen LogP contribution in [0.3, 0.4) is 0 Å². The van der Waals surface area contributed by atoms with E-state index in [9.17, 15) is 0 Å². The molecule has 0 saturated carbocycles. The predicted octanol–water partition coefficient (Wildman–Crippen LogP) is 3.60. The molecule has 0 bridgehead atoms. The van der Waals surface area contributed by atoms with E-state index < -0.39 is 0 Å². The average Bonchev–Trinajstić information content (AvgIpc) is 2.87. The lowest BCUT2D eigenvalue weighted by molar-refractivity contribution is 0.609. The van der Waals surface area contributed by atoms with Gasteiger partial charge in [0.25, 0.3) is 0 Å².